The molecule has 0 unspecified atom stereocenters. The summed E-state index contributed by atoms with van der Waals surface area (Å²) >= 11 is 0. The number of nitrogens with zero attached hydrogens (tertiary/aromatic N) is 3. The zero-order valence-electron chi connectivity index (χ0n) is 15.8. The maximum atomic E-state index is 12.6. The Morgan fingerprint density at radius 3 is 2.30 bits per heavy atom. The van der Waals surface area contributed by atoms with Crippen LogP contribution in [-0.4, -0.2) is 34.1 Å². The first-order valence-corrected chi connectivity index (χ1v) is 8.77. The van der Waals surface area contributed by atoms with Crippen LogP contribution in [0.3, 0.4) is 0 Å². The minimum absolute atomic E-state index is 0.00320. The van der Waals surface area contributed by atoms with E-state index in [9.17, 15) is 18.0 Å². The molecule has 156 valence electrons. The molecule has 1 amide bonds. The van der Waals surface area contributed by atoms with Crippen molar-refractivity contribution in [3.8, 4) is 22.9 Å². The molecule has 30 heavy (non-hydrogen) atoms. The molecule has 3 aromatic rings. The molecular formula is C20H17F3N4O3. The van der Waals surface area contributed by atoms with Crippen LogP contribution in [-0.2, 0) is 6.18 Å². The molecule has 0 fully saturated rings. The molecule has 2 aromatic heterocycles. The van der Waals surface area contributed by atoms with Gasteiger partial charge in [-0.2, -0.15) is 18.2 Å². The first-order chi connectivity index (χ1) is 14.2. The average molecular weight is 418 g/mol. The number of hydrogen-bond donors (Lipinski definition) is 1. The van der Waals surface area contributed by atoms with Crippen molar-refractivity contribution >= 4 is 5.91 Å². The summed E-state index contributed by atoms with van der Waals surface area (Å²) in [5, 5.41) is 0. The minimum atomic E-state index is -4.47. The molecule has 0 bridgehead atoms. The monoisotopic (exact) mass is 418 g/mol. The van der Waals surface area contributed by atoms with Crippen LogP contribution in [0.1, 0.15) is 21.7 Å². The maximum absolute atomic E-state index is 12.6. The molecule has 0 radical (unpaired) electrons. The lowest BCUT2D eigenvalue weighted by Crippen LogP contribution is -2.17. The molecule has 0 spiro atoms. The molecule has 0 aliphatic heterocycles. The number of benzene rings is 1. The molecule has 7 nitrogen and oxygen atoms in total. The van der Waals surface area contributed by atoms with Gasteiger partial charge in [0.2, 0.25) is 17.6 Å². The molecule has 2 heterocycles. The maximum Gasteiger partial charge on any atom is 0.417 e. The summed E-state index contributed by atoms with van der Waals surface area (Å²) in [6.45, 7) is 1.93. The molecule has 0 saturated heterocycles. The molecular weight excluding hydrogens is 401 g/mol. The zero-order chi connectivity index (χ0) is 21.7. The van der Waals surface area contributed by atoms with E-state index in [0.29, 0.717) is 11.8 Å². The number of carbonyl (C=O) groups excluding carboxylic acids is 1. The van der Waals surface area contributed by atoms with E-state index >= 15 is 0 Å². The number of carbonyl (C=O) groups is 1. The highest BCUT2D eigenvalue weighted by atomic mass is 19.4. The van der Waals surface area contributed by atoms with Gasteiger partial charge in [-0.1, -0.05) is 29.8 Å². The fraction of sp³-hybridized carbons (Fsp3) is 0.200. The van der Waals surface area contributed by atoms with Gasteiger partial charge >= 0.3 is 6.18 Å². The largest absolute Gasteiger partial charge is 0.474 e. The van der Waals surface area contributed by atoms with Crippen LogP contribution in [0, 0.1) is 6.92 Å². The van der Waals surface area contributed by atoms with Gasteiger partial charge in [-0.05, 0) is 18.6 Å². The first-order valence-electron chi connectivity index (χ1n) is 8.77. The summed E-state index contributed by atoms with van der Waals surface area (Å²) in [6.07, 6.45) is -2.34. The van der Waals surface area contributed by atoms with Crippen molar-refractivity contribution in [1.82, 2.24) is 15.0 Å². The summed E-state index contributed by atoms with van der Waals surface area (Å²) in [6, 6.07) is 9.51. The second kappa shape index (κ2) is 8.76. The number of pyridine rings is 1. The summed E-state index contributed by atoms with van der Waals surface area (Å²) in [7, 11) is 0. The van der Waals surface area contributed by atoms with Gasteiger partial charge < -0.3 is 15.2 Å². The van der Waals surface area contributed by atoms with Crippen molar-refractivity contribution < 1.29 is 27.4 Å². The quantitative estimate of drug-likeness (QED) is 0.590. The number of aryl methyl sites for hydroxylation is 1. The number of hydrogen-bond acceptors (Lipinski definition) is 6. The summed E-state index contributed by atoms with van der Waals surface area (Å²) < 4.78 is 48.6. The smallest absolute Gasteiger partial charge is 0.417 e. The van der Waals surface area contributed by atoms with Gasteiger partial charge in [0.25, 0.3) is 5.91 Å². The number of alkyl halides is 3. The molecule has 2 N–H and O–H groups in total. The van der Waals surface area contributed by atoms with E-state index in [1.54, 1.807) is 0 Å². The minimum Gasteiger partial charge on any atom is -0.474 e. The van der Waals surface area contributed by atoms with Gasteiger partial charge in [-0.15, -0.1) is 0 Å². The van der Waals surface area contributed by atoms with Crippen molar-refractivity contribution in [3.05, 3.63) is 65.7 Å². The van der Waals surface area contributed by atoms with Crippen molar-refractivity contribution in [1.29, 1.82) is 0 Å². The van der Waals surface area contributed by atoms with E-state index in [-0.39, 0.29) is 30.8 Å². The number of rotatable bonds is 7. The van der Waals surface area contributed by atoms with Crippen LogP contribution >= 0.6 is 0 Å². The molecule has 0 atom stereocenters. The Balaban J connectivity index is 1.68. The predicted octanol–water partition coefficient (Wildman–Crippen LogP) is 3.42. The van der Waals surface area contributed by atoms with Crippen molar-refractivity contribution in [2.45, 2.75) is 13.1 Å². The van der Waals surface area contributed by atoms with E-state index in [1.807, 2.05) is 31.2 Å². The normalized spacial score (nSPS) is 11.2. The Kier molecular flexibility index (Phi) is 6.14. The Bertz CT molecular complexity index is 1020. The lowest BCUT2D eigenvalue weighted by atomic mass is 10.1. The van der Waals surface area contributed by atoms with E-state index in [2.05, 4.69) is 15.0 Å². The Hall–Kier alpha value is -3.69. The Labute approximate surface area is 169 Å². The van der Waals surface area contributed by atoms with Gasteiger partial charge in [-0.25, -0.2) is 9.97 Å². The topological polar surface area (TPSA) is 100 Å². The van der Waals surface area contributed by atoms with Gasteiger partial charge in [-0.3, -0.25) is 4.79 Å². The third-order valence-corrected chi connectivity index (χ3v) is 3.97. The standard InChI is InChI=1S/C20H17F3N4O3/c1-12-2-4-13(5-3-12)15-11-26-18(17(24)28)27-19(15)30-9-8-29-16-7-6-14(10-25-16)20(21,22)23/h2-7,10-11H,8-9H2,1H3,(H2,24,28). The third kappa shape index (κ3) is 5.22. The van der Waals surface area contributed by atoms with Crippen LogP contribution in [0.5, 0.6) is 11.8 Å². The number of aromatic nitrogens is 3. The molecule has 0 aliphatic carbocycles. The molecule has 10 heteroatoms. The lowest BCUT2D eigenvalue weighted by Gasteiger charge is -2.12. The number of halogens is 3. The molecule has 1 aromatic carbocycles. The first kappa shape index (κ1) is 21.0. The van der Waals surface area contributed by atoms with Crippen molar-refractivity contribution in [2.75, 3.05) is 13.2 Å². The van der Waals surface area contributed by atoms with E-state index in [4.69, 9.17) is 15.2 Å². The summed E-state index contributed by atoms with van der Waals surface area (Å²) in [5.74, 6) is -0.857. The van der Waals surface area contributed by atoms with E-state index < -0.39 is 17.6 Å². The molecule has 0 saturated carbocycles. The van der Waals surface area contributed by atoms with Crippen LogP contribution in [0.15, 0.2) is 48.8 Å². The van der Waals surface area contributed by atoms with Gasteiger partial charge in [0, 0.05) is 18.5 Å². The highest BCUT2D eigenvalue weighted by Gasteiger charge is 2.30. The number of nitrogens with two attached hydrogens (primary N) is 1. The van der Waals surface area contributed by atoms with E-state index in [1.165, 1.54) is 6.20 Å². The lowest BCUT2D eigenvalue weighted by molar-refractivity contribution is -0.137. The summed E-state index contributed by atoms with van der Waals surface area (Å²) in [4.78, 5) is 23.0. The fourth-order valence-corrected chi connectivity index (χ4v) is 2.44. The van der Waals surface area contributed by atoms with Gasteiger partial charge in [0.1, 0.15) is 13.2 Å². The predicted molar refractivity (Wildman–Crippen MR) is 101 cm³/mol. The number of ether oxygens (including phenoxy) is 2. The second-order valence-electron chi connectivity index (χ2n) is 6.22. The highest BCUT2D eigenvalue weighted by Crippen LogP contribution is 2.29. The summed E-state index contributed by atoms with van der Waals surface area (Å²) in [5.41, 5.74) is 6.75. The zero-order valence-corrected chi connectivity index (χ0v) is 15.8. The Morgan fingerprint density at radius 1 is 1.00 bits per heavy atom. The van der Waals surface area contributed by atoms with Crippen LogP contribution < -0.4 is 15.2 Å². The highest BCUT2D eigenvalue weighted by molar-refractivity contribution is 5.89. The molecule has 0 aliphatic rings. The van der Waals surface area contributed by atoms with Crippen molar-refractivity contribution in [3.63, 3.8) is 0 Å². The molecule has 3 rings (SSSR count). The Morgan fingerprint density at radius 2 is 1.70 bits per heavy atom. The number of amides is 1. The van der Waals surface area contributed by atoms with E-state index in [0.717, 1.165) is 23.3 Å². The number of primary amides is 1. The van der Waals surface area contributed by atoms with Gasteiger partial charge in [0.05, 0.1) is 11.1 Å². The van der Waals surface area contributed by atoms with Gasteiger partial charge in [0.15, 0.2) is 0 Å². The van der Waals surface area contributed by atoms with Crippen LogP contribution in [0.4, 0.5) is 13.2 Å². The fourth-order valence-electron chi connectivity index (χ4n) is 2.44. The van der Waals surface area contributed by atoms with Crippen LogP contribution in [0.25, 0.3) is 11.1 Å². The third-order valence-electron chi connectivity index (χ3n) is 3.97. The average Bonchev–Trinajstić information content (AvgIpc) is 2.71. The second-order valence-corrected chi connectivity index (χ2v) is 6.22. The van der Waals surface area contributed by atoms with Crippen LogP contribution in [0.2, 0.25) is 0 Å². The SMILES string of the molecule is Cc1ccc(-c2cnc(C(N)=O)nc2OCCOc2ccc(C(F)(F)F)cn2)cc1. The van der Waals surface area contributed by atoms with Crippen molar-refractivity contribution in [2.24, 2.45) is 5.73 Å².